The fraction of sp³-hybridized carbons (Fsp3) is 0.0870. The normalized spacial score (nSPS) is 9.87. The van der Waals surface area contributed by atoms with E-state index in [4.69, 9.17) is 5.11 Å². The molecular formula is C23H17N3O4. The first kappa shape index (κ1) is 20.4. The van der Waals surface area contributed by atoms with Crippen molar-refractivity contribution in [2.45, 2.75) is 12.8 Å². The molecule has 0 aliphatic heterocycles. The number of benzene rings is 3. The molecule has 0 saturated carbocycles. The molecule has 0 heterocycles. The number of carboxylic acid groups (broad SMARTS) is 1. The lowest BCUT2D eigenvalue weighted by Gasteiger charge is -2.10. The third-order valence-electron chi connectivity index (χ3n) is 4.43. The van der Waals surface area contributed by atoms with Crippen molar-refractivity contribution in [2.24, 2.45) is 9.98 Å². The van der Waals surface area contributed by atoms with E-state index in [-0.39, 0.29) is 0 Å². The predicted molar refractivity (Wildman–Crippen MR) is 112 cm³/mol. The molecule has 2 N–H and O–H groups in total. The highest BCUT2D eigenvalue weighted by Crippen LogP contribution is 2.26. The number of isocyanates is 2. The van der Waals surface area contributed by atoms with Gasteiger partial charge in [0.2, 0.25) is 12.2 Å². The second kappa shape index (κ2) is 9.75. The summed E-state index contributed by atoms with van der Waals surface area (Å²) in [5.41, 5.74) is 5.45. The van der Waals surface area contributed by atoms with Crippen molar-refractivity contribution in [3.63, 3.8) is 0 Å². The minimum atomic E-state index is -1.12. The molecule has 0 bridgehead atoms. The van der Waals surface area contributed by atoms with Gasteiger partial charge < -0.3 is 5.11 Å². The first-order valence-electron chi connectivity index (χ1n) is 9.03. The highest BCUT2D eigenvalue weighted by Gasteiger charge is 2.07. The Kier molecular flexibility index (Phi) is 6.64. The highest BCUT2D eigenvalue weighted by atomic mass is 16.4. The van der Waals surface area contributed by atoms with Crippen molar-refractivity contribution in [3.05, 3.63) is 89.0 Å². The average Bonchev–Trinajstić information content (AvgIpc) is 2.73. The number of rotatable bonds is 7. The van der Waals surface area contributed by atoms with E-state index in [9.17, 15) is 14.4 Å². The van der Waals surface area contributed by atoms with Crippen molar-refractivity contribution in [1.82, 2.24) is 0 Å². The number of hydrogen-bond acceptors (Lipinski definition) is 5. The second-order valence-corrected chi connectivity index (χ2v) is 6.52. The molecule has 0 spiro atoms. The standard InChI is InChI=1S/C23H17N3O4/c27-14-24-20-6-1-16(2-7-20)11-18-5-10-22(25-15-28)19(13-18)12-17-3-8-21(9-4-17)26-23(29)30/h1-10,13,26H,11-12H2,(H,29,30). The number of anilines is 1. The maximum atomic E-state index is 10.8. The second-order valence-electron chi connectivity index (χ2n) is 6.52. The van der Waals surface area contributed by atoms with Crippen LogP contribution in [-0.4, -0.2) is 23.4 Å². The van der Waals surface area contributed by atoms with Gasteiger partial charge in [0.15, 0.2) is 0 Å². The molecule has 0 aliphatic rings. The van der Waals surface area contributed by atoms with Gasteiger partial charge in [0.05, 0.1) is 11.4 Å². The van der Waals surface area contributed by atoms with Crippen LogP contribution in [0.1, 0.15) is 22.3 Å². The molecule has 30 heavy (non-hydrogen) atoms. The van der Waals surface area contributed by atoms with Gasteiger partial charge in [0.25, 0.3) is 0 Å². The Morgan fingerprint density at radius 3 is 2.03 bits per heavy atom. The van der Waals surface area contributed by atoms with E-state index in [2.05, 4.69) is 15.3 Å². The largest absolute Gasteiger partial charge is 0.465 e. The molecule has 0 aromatic heterocycles. The zero-order valence-electron chi connectivity index (χ0n) is 15.8. The fourth-order valence-corrected chi connectivity index (χ4v) is 3.07. The maximum Gasteiger partial charge on any atom is 0.409 e. The van der Waals surface area contributed by atoms with Crippen LogP contribution in [0.15, 0.2) is 76.7 Å². The summed E-state index contributed by atoms with van der Waals surface area (Å²) in [7, 11) is 0. The van der Waals surface area contributed by atoms with Crippen molar-refractivity contribution < 1.29 is 19.5 Å². The molecule has 3 aromatic rings. The van der Waals surface area contributed by atoms with Crippen molar-refractivity contribution >= 4 is 35.3 Å². The molecule has 148 valence electrons. The summed E-state index contributed by atoms with van der Waals surface area (Å²) in [6.07, 6.45) is 3.16. The van der Waals surface area contributed by atoms with Gasteiger partial charge in [-0.2, -0.15) is 9.98 Å². The topological polar surface area (TPSA) is 108 Å². The Morgan fingerprint density at radius 1 is 0.800 bits per heavy atom. The smallest absolute Gasteiger partial charge is 0.409 e. The van der Waals surface area contributed by atoms with Gasteiger partial charge in [0.1, 0.15) is 0 Å². The average molecular weight is 399 g/mol. The number of nitrogens with zero attached hydrogens (tertiary/aromatic N) is 2. The number of carbonyl (C=O) groups is 1. The van der Waals surface area contributed by atoms with Gasteiger partial charge in [-0.1, -0.05) is 36.4 Å². The first-order chi connectivity index (χ1) is 14.6. The lowest BCUT2D eigenvalue weighted by molar-refractivity contribution is 0.209. The van der Waals surface area contributed by atoms with Crippen molar-refractivity contribution in [2.75, 3.05) is 5.32 Å². The van der Waals surface area contributed by atoms with Crippen LogP contribution in [-0.2, 0) is 22.4 Å². The van der Waals surface area contributed by atoms with E-state index in [1.165, 1.54) is 6.08 Å². The van der Waals surface area contributed by atoms with E-state index in [1.54, 1.807) is 36.4 Å². The number of nitrogens with one attached hydrogen (secondary N) is 1. The SMILES string of the molecule is O=C=Nc1ccc(Cc2ccc(N=C=O)c(Cc3ccc(NC(=O)O)cc3)c2)cc1. The molecule has 1 amide bonds. The molecule has 0 unspecified atom stereocenters. The first-order valence-corrected chi connectivity index (χ1v) is 9.03. The Bertz CT molecular complexity index is 1140. The summed E-state index contributed by atoms with van der Waals surface area (Å²) >= 11 is 0. The lowest BCUT2D eigenvalue weighted by atomic mass is 9.97. The van der Waals surface area contributed by atoms with E-state index in [0.29, 0.717) is 29.9 Å². The van der Waals surface area contributed by atoms with Gasteiger partial charge in [-0.05, 0) is 65.4 Å². The summed E-state index contributed by atoms with van der Waals surface area (Å²) in [5.74, 6) is 0. The summed E-state index contributed by atoms with van der Waals surface area (Å²) in [4.78, 5) is 39.2. The minimum absolute atomic E-state index is 0.480. The zero-order chi connectivity index (χ0) is 21.3. The fourth-order valence-electron chi connectivity index (χ4n) is 3.07. The maximum absolute atomic E-state index is 10.8. The molecule has 3 rings (SSSR count). The number of carbonyl (C=O) groups excluding carboxylic acids is 2. The van der Waals surface area contributed by atoms with E-state index < -0.39 is 6.09 Å². The monoisotopic (exact) mass is 399 g/mol. The third kappa shape index (κ3) is 5.59. The summed E-state index contributed by atoms with van der Waals surface area (Å²) in [5, 5.41) is 11.1. The lowest BCUT2D eigenvalue weighted by Crippen LogP contribution is -2.06. The molecule has 7 nitrogen and oxygen atoms in total. The van der Waals surface area contributed by atoms with Crippen LogP contribution in [0.5, 0.6) is 0 Å². The highest BCUT2D eigenvalue weighted by molar-refractivity contribution is 5.82. The van der Waals surface area contributed by atoms with Gasteiger partial charge in [-0.25, -0.2) is 14.4 Å². The summed E-state index contributed by atoms with van der Waals surface area (Å²) in [6.45, 7) is 0. The van der Waals surface area contributed by atoms with Crippen LogP contribution in [0.25, 0.3) is 0 Å². The van der Waals surface area contributed by atoms with Crippen molar-refractivity contribution in [1.29, 1.82) is 0 Å². The number of aliphatic imine (C=N–C) groups is 2. The summed E-state index contributed by atoms with van der Waals surface area (Å²) < 4.78 is 0. The third-order valence-corrected chi connectivity index (χ3v) is 4.43. The molecule has 0 radical (unpaired) electrons. The van der Waals surface area contributed by atoms with Crippen LogP contribution in [0.4, 0.5) is 21.9 Å². The molecule has 7 heteroatoms. The molecule has 0 saturated heterocycles. The predicted octanol–water partition coefficient (Wildman–Crippen LogP) is 4.89. The van der Waals surface area contributed by atoms with Crippen LogP contribution in [0.2, 0.25) is 0 Å². The van der Waals surface area contributed by atoms with Gasteiger partial charge in [-0.15, -0.1) is 0 Å². The molecule has 3 aromatic carbocycles. The summed E-state index contributed by atoms with van der Waals surface area (Å²) in [6, 6.07) is 19.9. The Hall–Kier alpha value is -4.31. The van der Waals surface area contributed by atoms with Gasteiger partial charge in [0, 0.05) is 5.69 Å². The number of amides is 1. The Morgan fingerprint density at radius 2 is 1.40 bits per heavy atom. The Labute approximate surface area is 172 Å². The quantitative estimate of drug-likeness (QED) is 0.435. The van der Waals surface area contributed by atoms with Crippen LogP contribution in [0, 0.1) is 0 Å². The van der Waals surface area contributed by atoms with Gasteiger partial charge in [-0.3, -0.25) is 5.32 Å². The minimum Gasteiger partial charge on any atom is -0.465 e. The van der Waals surface area contributed by atoms with Gasteiger partial charge >= 0.3 is 6.09 Å². The molecule has 0 aliphatic carbocycles. The molecular weight excluding hydrogens is 382 g/mol. The van der Waals surface area contributed by atoms with E-state index >= 15 is 0 Å². The van der Waals surface area contributed by atoms with E-state index in [1.807, 2.05) is 36.4 Å². The Balaban J connectivity index is 1.82. The molecule has 0 atom stereocenters. The van der Waals surface area contributed by atoms with E-state index in [0.717, 1.165) is 22.3 Å². The molecule has 0 fully saturated rings. The zero-order valence-corrected chi connectivity index (χ0v) is 15.8. The van der Waals surface area contributed by atoms with Crippen molar-refractivity contribution in [3.8, 4) is 0 Å². The van der Waals surface area contributed by atoms with Crippen LogP contribution >= 0.6 is 0 Å². The van der Waals surface area contributed by atoms with Crippen LogP contribution < -0.4 is 5.32 Å². The number of hydrogen-bond donors (Lipinski definition) is 2. The van der Waals surface area contributed by atoms with Crippen LogP contribution in [0.3, 0.4) is 0 Å².